The van der Waals surface area contributed by atoms with Gasteiger partial charge in [0.25, 0.3) is 0 Å². The van der Waals surface area contributed by atoms with E-state index in [0.717, 1.165) is 28.5 Å². The molecule has 0 saturated heterocycles. The van der Waals surface area contributed by atoms with E-state index >= 15 is 0 Å². The van der Waals surface area contributed by atoms with E-state index in [1.54, 1.807) is 0 Å². The van der Waals surface area contributed by atoms with Crippen molar-refractivity contribution in [2.75, 3.05) is 30.4 Å². The van der Waals surface area contributed by atoms with Crippen LogP contribution >= 0.6 is 0 Å². The van der Waals surface area contributed by atoms with Gasteiger partial charge < -0.3 is 20.1 Å². The van der Waals surface area contributed by atoms with Gasteiger partial charge in [-0.25, -0.2) is 4.68 Å². The second-order valence-electron chi connectivity index (χ2n) is 6.52. The molecule has 2 aromatic carbocycles. The van der Waals surface area contributed by atoms with E-state index in [0.29, 0.717) is 24.7 Å². The second kappa shape index (κ2) is 7.64. The third-order valence-corrected chi connectivity index (χ3v) is 4.56. The Kier molecular flexibility index (Phi) is 4.89. The van der Waals surface area contributed by atoms with E-state index in [-0.39, 0.29) is 12.5 Å². The lowest BCUT2D eigenvalue weighted by Gasteiger charge is -2.21. The minimum absolute atomic E-state index is 0.106. The van der Waals surface area contributed by atoms with Gasteiger partial charge in [0.1, 0.15) is 13.2 Å². The van der Waals surface area contributed by atoms with E-state index in [1.165, 1.54) is 0 Å². The number of carbonyl (C=O) groups excluding carboxylic acids is 1. The Morgan fingerprint density at radius 2 is 1.86 bits per heavy atom. The summed E-state index contributed by atoms with van der Waals surface area (Å²) in [6.45, 7) is 4.95. The lowest BCUT2D eigenvalue weighted by molar-refractivity contribution is -0.114. The van der Waals surface area contributed by atoms with Crippen LogP contribution in [0.2, 0.25) is 0 Å². The third-order valence-electron chi connectivity index (χ3n) is 4.56. The molecule has 1 aromatic heterocycles. The lowest BCUT2D eigenvalue weighted by Crippen LogP contribution is -2.23. The number of rotatable bonds is 5. The monoisotopic (exact) mass is 378 g/mol. The molecule has 0 aliphatic carbocycles. The van der Waals surface area contributed by atoms with Gasteiger partial charge in [-0.15, -0.1) is 0 Å². The molecule has 1 amide bonds. The highest BCUT2D eigenvalue weighted by atomic mass is 16.6. The van der Waals surface area contributed by atoms with Gasteiger partial charge in [0, 0.05) is 0 Å². The van der Waals surface area contributed by atoms with Gasteiger partial charge in [0.05, 0.1) is 35.0 Å². The van der Waals surface area contributed by atoms with E-state index in [1.807, 2.05) is 67.1 Å². The fraction of sp³-hybridized carbons (Fsp3) is 0.238. The molecule has 144 valence electrons. The van der Waals surface area contributed by atoms with Gasteiger partial charge in [0.15, 0.2) is 11.5 Å². The molecule has 7 heteroatoms. The first-order valence-corrected chi connectivity index (χ1v) is 9.17. The number of ether oxygens (including phenoxy) is 2. The highest BCUT2D eigenvalue weighted by molar-refractivity contribution is 5.95. The van der Waals surface area contributed by atoms with Crippen molar-refractivity contribution in [2.24, 2.45) is 0 Å². The number of nitrogens with zero attached hydrogens (tertiary/aromatic N) is 2. The molecule has 0 spiro atoms. The first kappa shape index (κ1) is 17.9. The van der Waals surface area contributed by atoms with E-state index in [9.17, 15) is 4.79 Å². The van der Waals surface area contributed by atoms with Crippen LogP contribution in [0.25, 0.3) is 5.69 Å². The number of hydrogen-bond acceptors (Lipinski definition) is 5. The average Bonchev–Trinajstić information content (AvgIpc) is 3.01. The summed E-state index contributed by atoms with van der Waals surface area (Å²) < 4.78 is 13.1. The minimum atomic E-state index is -0.159. The third kappa shape index (κ3) is 3.51. The number of fused-ring (bicyclic) bond motifs is 1. The maximum absolute atomic E-state index is 12.5. The molecular weight excluding hydrogens is 356 g/mol. The van der Waals surface area contributed by atoms with Crippen molar-refractivity contribution in [1.29, 1.82) is 0 Å². The highest BCUT2D eigenvalue weighted by Gasteiger charge is 2.18. The topological polar surface area (TPSA) is 77.4 Å². The lowest BCUT2D eigenvalue weighted by atomic mass is 10.2. The molecule has 3 aromatic rings. The number of amides is 1. The fourth-order valence-electron chi connectivity index (χ4n) is 3.22. The molecule has 1 aliphatic rings. The van der Waals surface area contributed by atoms with Crippen molar-refractivity contribution in [3.8, 4) is 17.2 Å². The van der Waals surface area contributed by atoms with Crippen molar-refractivity contribution in [1.82, 2.24) is 9.78 Å². The van der Waals surface area contributed by atoms with Crippen LogP contribution in [0.3, 0.4) is 0 Å². The smallest absolute Gasteiger partial charge is 0.243 e. The molecule has 0 radical (unpaired) electrons. The summed E-state index contributed by atoms with van der Waals surface area (Å²) >= 11 is 0. The number of para-hydroxylation sites is 2. The fourth-order valence-corrected chi connectivity index (χ4v) is 3.22. The summed E-state index contributed by atoms with van der Waals surface area (Å²) in [5.41, 5.74) is 4.07. The van der Waals surface area contributed by atoms with Crippen LogP contribution in [-0.4, -0.2) is 35.4 Å². The summed E-state index contributed by atoms with van der Waals surface area (Å²) in [7, 11) is 0. The summed E-state index contributed by atoms with van der Waals surface area (Å²) in [6, 6.07) is 15.4. The number of aryl methyl sites for hydroxylation is 1. The Bertz CT molecular complexity index is 998. The quantitative estimate of drug-likeness (QED) is 0.712. The Labute approximate surface area is 163 Å². The number of benzene rings is 2. The van der Waals surface area contributed by atoms with Crippen LogP contribution in [0.1, 0.15) is 11.4 Å². The largest absolute Gasteiger partial charge is 0.486 e. The van der Waals surface area contributed by atoms with Crippen LogP contribution < -0.4 is 20.1 Å². The van der Waals surface area contributed by atoms with Crippen molar-refractivity contribution >= 4 is 17.3 Å². The summed E-state index contributed by atoms with van der Waals surface area (Å²) in [4.78, 5) is 12.5. The summed E-state index contributed by atoms with van der Waals surface area (Å²) in [6.07, 6.45) is 0. The number of nitrogens with one attached hydrogen (secondary N) is 2. The van der Waals surface area contributed by atoms with Gasteiger partial charge in [-0.3, -0.25) is 4.79 Å². The SMILES string of the molecule is Cc1nn(-c2ccccc2)c(C)c1NC(=O)CNc1cccc2c1OCCO2. The molecule has 28 heavy (non-hydrogen) atoms. The second-order valence-corrected chi connectivity index (χ2v) is 6.52. The van der Waals surface area contributed by atoms with Crippen LogP contribution in [0.5, 0.6) is 11.5 Å². The first-order valence-electron chi connectivity index (χ1n) is 9.17. The predicted molar refractivity (Wildman–Crippen MR) is 108 cm³/mol. The molecule has 1 aliphatic heterocycles. The molecular formula is C21H22N4O3. The molecule has 0 unspecified atom stereocenters. The van der Waals surface area contributed by atoms with Gasteiger partial charge in [-0.1, -0.05) is 24.3 Å². The minimum Gasteiger partial charge on any atom is -0.486 e. The zero-order chi connectivity index (χ0) is 19.5. The number of carbonyl (C=O) groups is 1. The van der Waals surface area contributed by atoms with E-state index in [2.05, 4.69) is 15.7 Å². The molecule has 0 fully saturated rings. The number of hydrogen-bond donors (Lipinski definition) is 2. The molecule has 2 heterocycles. The van der Waals surface area contributed by atoms with Crippen molar-refractivity contribution in [3.05, 3.63) is 59.9 Å². The van der Waals surface area contributed by atoms with Crippen LogP contribution in [0.15, 0.2) is 48.5 Å². The van der Waals surface area contributed by atoms with Crippen molar-refractivity contribution in [3.63, 3.8) is 0 Å². The Hall–Kier alpha value is -3.48. The normalized spacial score (nSPS) is 12.5. The molecule has 0 atom stereocenters. The molecule has 0 bridgehead atoms. The van der Waals surface area contributed by atoms with Gasteiger partial charge in [-0.2, -0.15) is 5.10 Å². The molecule has 4 rings (SSSR count). The number of aromatic nitrogens is 2. The molecule has 0 saturated carbocycles. The highest BCUT2D eigenvalue weighted by Crippen LogP contribution is 2.37. The Balaban J connectivity index is 1.46. The van der Waals surface area contributed by atoms with E-state index < -0.39 is 0 Å². The Morgan fingerprint density at radius 1 is 1.07 bits per heavy atom. The molecule has 7 nitrogen and oxygen atoms in total. The standard InChI is InChI=1S/C21H22N4O3/c1-14-20(15(2)25(24-14)16-7-4-3-5-8-16)23-19(26)13-22-17-9-6-10-18-21(17)28-12-11-27-18/h3-10,22H,11-13H2,1-2H3,(H,23,26). The van der Waals surface area contributed by atoms with Crippen LogP contribution in [0, 0.1) is 13.8 Å². The Morgan fingerprint density at radius 3 is 2.68 bits per heavy atom. The van der Waals surface area contributed by atoms with Crippen molar-refractivity contribution < 1.29 is 14.3 Å². The predicted octanol–water partition coefficient (Wildman–Crippen LogP) is 3.31. The average molecular weight is 378 g/mol. The van der Waals surface area contributed by atoms with Gasteiger partial charge in [0.2, 0.25) is 5.91 Å². The zero-order valence-electron chi connectivity index (χ0n) is 15.9. The van der Waals surface area contributed by atoms with Crippen LogP contribution in [0.4, 0.5) is 11.4 Å². The van der Waals surface area contributed by atoms with Gasteiger partial charge in [-0.05, 0) is 38.1 Å². The summed E-state index contributed by atoms with van der Waals surface area (Å²) in [5.74, 6) is 1.17. The van der Waals surface area contributed by atoms with Gasteiger partial charge >= 0.3 is 0 Å². The van der Waals surface area contributed by atoms with Crippen LogP contribution in [-0.2, 0) is 4.79 Å². The molecule has 2 N–H and O–H groups in total. The zero-order valence-corrected chi connectivity index (χ0v) is 15.9. The number of anilines is 2. The van der Waals surface area contributed by atoms with Crippen molar-refractivity contribution in [2.45, 2.75) is 13.8 Å². The van der Waals surface area contributed by atoms with E-state index in [4.69, 9.17) is 9.47 Å². The summed E-state index contributed by atoms with van der Waals surface area (Å²) in [5, 5.41) is 10.6. The maximum atomic E-state index is 12.5. The first-order chi connectivity index (χ1) is 13.6. The maximum Gasteiger partial charge on any atom is 0.243 e.